The van der Waals surface area contributed by atoms with Gasteiger partial charge in [-0.1, -0.05) is 13.8 Å². The highest BCUT2D eigenvalue weighted by atomic mass is 19.4. The van der Waals surface area contributed by atoms with Crippen LogP contribution < -0.4 is 10.6 Å². The molecular weight excluding hydrogens is 323 g/mol. The summed E-state index contributed by atoms with van der Waals surface area (Å²) in [4.78, 5) is 11.9. The van der Waals surface area contributed by atoms with Gasteiger partial charge in [0.25, 0.3) is 0 Å². The van der Waals surface area contributed by atoms with Crippen molar-refractivity contribution >= 4 is 5.91 Å². The van der Waals surface area contributed by atoms with Gasteiger partial charge < -0.3 is 9.88 Å². The van der Waals surface area contributed by atoms with Crippen molar-refractivity contribution in [1.82, 2.24) is 25.4 Å². The Balaban J connectivity index is 1.97. The van der Waals surface area contributed by atoms with Gasteiger partial charge in [0.15, 0.2) is 0 Å². The molecule has 1 amide bonds. The first kappa shape index (κ1) is 18.7. The lowest BCUT2D eigenvalue weighted by atomic mass is 9.98. The Morgan fingerprint density at radius 3 is 2.67 bits per heavy atom. The molecule has 0 spiro atoms. The largest absolute Gasteiger partial charge is 0.398 e. The molecule has 1 aliphatic rings. The fourth-order valence-corrected chi connectivity index (χ4v) is 2.67. The van der Waals surface area contributed by atoms with Crippen LogP contribution in [-0.2, 0) is 17.9 Å². The van der Waals surface area contributed by atoms with Crippen LogP contribution in [0.25, 0.3) is 0 Å². The minimum absolute atomic E-state index is 0.0255. The molecule has 24 heavy (non-hydrogen) atoms. The quantitative estimate of drug-likeness (QED) is 0.825. The fraction of sp³-hybridized carbons (Fsp3) is 0.800. The van der Waals surface area contributed by atoms with Crippen LogP contribution in [0.4, 0.5) is 13.2 Å². The zero-order chi connectivity index (χ0) is 17.9. The molecule has 136 valence electrons. The number of fused-ring (bicyclic) bond motifs is 1. The van der Waals surface area contributed by atoms with E-state index in [2.05, 4.69) is 20.8 Å². The van der Waals surface area contributed by atoms with Crippen LogP contribution in [0.15, 0.2) is 0 Å². The molecule has 0 aliphatic carbocycles. The number of carbonyl (C=O) groups excluding carboxylic acids is 1. The lowest BCUT2D eigenvalue weighted by Gasteiger charge is -2.25. The summed E-state index contributed by atoms with van der Waals surface area (Å²) in [5.74, 6) is -0.941. The van der Waals surface area contributed by atoms with Gasteiger partial charge in [-0.3, -0.25) is 10.1 Å². The lowest BCUT2D eigenvalue weighted by Crippen LogP contribution is -2.43. The summed E-state index contributed by atoms with van der Waals surface area (Å²) in [5.41, 5.74) is 0. The van der Waals surface area contributed by atoms with Gasteiger partial charge >= 0.3 is 6.18 Å². The summed E-state index contributed by atoms with van der Waals surface area (Å²) < 4.78 is 40.7. The molecule has 0 fully saturated rings. The molecule has 1 aliphatic heterocycles. The molecule has 0 saturated heterocycles. The molecular formula is C15H24F3N5O. The first-order valence-electron chi connectivity index (χ1n) is 8.20. The molecule has 1 aromatic heterocycles. The van der Waals surface area contributed by atoms with Gasteiger partial charge in [-0.2, -0.15) is 13.2 Å². The Kier molecular flexibility index (Phi) is 5.84. The van der Waals surface area contributed by atoms with Crippen LogP contribution in [0.2, 0.25) is 0 Å². The minimum Gasteiger partial charge on any atom is -0.354 e. The third kappa shape index (κ3) is 4.46. The summed E-state index contributed by atoms with van der Waals surface area (Å²) in [6.45, 7) is 6.96. The van der Waals surface area contributed by atoms with Crippen molar-refractivity contribution in [2.75, 3.05) is 6.54 Å². The fourth-order valence-electron chi connectivity index (χ4n) is 2.67. The normalized spacial score (nSPS) is 19.2. The summed E-state index contributed by atoms with van der Waals surface area (Å²) >= 11 is 0. The second kappa shape index (κ2) is 7.50. The number of carbonyl (C=O) groups is 1. The molecule has 0 saturated carbocycles. The van der Waals surface area contributed by atoms with Gasteiger partial charge in [0.05, 0.1) is 12.6 Å². The van der Waals surface area contributed by atoms with Crippen molar-refractivity contribution in [2.45, 2.75) is 64.8 Å². The minimum atomic E-state index is -4.31. The van der Waals surface area contributed by atoms with E-state index in [9.17, 15) is 18.0 Å². The average molecular weight is 347 g/mol. The molecule has 2 N–H and O–H groups in total. The van der Waals surface area contributed by atoms with Gasteiger partial charge in [-0.05, 0) is 25.7 Å². The number of nitrogens with zero attached hydrogens (tertiary/aromatic N) is 3. The lowest BCUT2D eigenvalue weighted by molar-refractivity contribution is -0.156. The average Bonchev–Trinajstić information content (AvgIpc) is 2.92. The highest BCUT2D eigenvalue weighted by Crippen LogP contribution is 2.40. The Bertz CT molecular complexity index is 570. The van der Waals surface area contributed by atoms with Crippen LogP contribution in [0.5, 0.6) is 0 Å². The van der Waals surface area contributed by atoms with Crippen molar-refractivity contribution in [3.63, 3.8) is 0 Å². The smallest absolute Gasteiger partial charge is 0.354 e. The third-order valence-corrected chi connectivity index (χ3v) is 4.08. The van der Waals surface area contributed by atoms with Gasteiger partial charge in [0, 0.05) is 13.1 Å². The van der Waals surface area contributed by atoms with Crippen LogP contribution >= 0.6 is 0 Å². The third-order valence-electron chi connectivity index (χ3n) is 4.08. The maximum atomic E-state index is 13.0. The molecule has 6 nitrogen and oxygen atoms in total. The first-order chi connectivity index (χ1) is 11.2. The van der Waals surface area contributed by atoms with Gasteiger partial charge in [0.2, 0.25) is 5.91 Å². The van der Waals surface area contributed by atoms with Crippen LogP contribution in [0.1, 0.15) is 51.2 Å². The molecule has 2 atom stereocenters. The Morgan fingerprint density at radius 1 is 1.33 bits per heavy atom. The van der Waals surface area contributed by atoms with E-state index in [0.717, 1.165) is 0 Å². The molecule has 2 rings (SSSR count). The van der Waals surface area contributed by atoms with Gasteiger partial charge in [0.1, 0.15) is 17.6 Å². The predicted molar refractivity (Wildman–Crippen MR) is 82.2 cm³/mol. The number of alkyl halides is 3. The number of amides is 1. The molecule has 2 unspecified atom stereocenters. The van der Waals surface area contributed by atoms with Gasteiger partial charge in [-0.15, -0.1) is 10.2 Å². The van der Waals surface area contributed by atoms with Crippen molar-refractivity contribution in [3.05, 3.63) is 11.6 Å². The van der Waals surface area contributed by atoms with E-state index in [1.165, 1.54) is 4.57 Å². The number of hydrogen-bond donors (Lipinski definition) is 2. The maximum Gasteiger partial charge on any atom is 0.398 e. The van der Waals surface area contributed by atoms with Crippen molar-refractivity contribution < 1.29 is 18.0 Å². The SMILES string of the molecule is CC(C)CNC(=O)C(C)NCc1nnc2n1CCCC2C(F)(F)F. The maximum absolute atomic E-state index is 13.0. The molecule has 0 bridgehead atoms. The number of hydrogen-bond acceptors (Lipinski definition) is 4. The standard InChI is InChI=1S/C15H24F3N5O/c1-9(2)7-20-14(24)10(3)19-8-12-21-22-13-11(15(16,17)18)5-4-6-23(12)13/h9-11,19H,4-8H2,1-3H3,(H,20,24). The van der Waals surface area contributed by atoms with Crippen LogP contribution in [0.3, 0.4) is 0 Å². The first-order valence-corrected chi connectivity index (χ1v) is 8.20. The second-order valence-electron chi connectivity index (χ2n) is 6.60. The van der Waals surface area contributed by atoms with Crippen molar-refractivity contribution in [3.8, 4) is 0 Å². The second-order valence-corrected chi connectivity index (χ2v) is 6.60. The zero-order valence-corrected chi connectivity index (χ0v) is 14.2. The van der Waals surface area contributed by atoms with E-state index in [4.69, 9.17) is 0 Å². The van der Waals surface area contributed by atoms with Gasteiger partial charge in [-0.25, -0.2) is 0 Å². The Morgan fingerprint density at radius 2 is 2.04 bits per heavy atom. The van der Waals surface area contributed by atoms with E-state index >= 15 is 0 Å². The van der Waals surface area contributed by atoms with Crippen molar-refractivity contribution in [1.29, 1.82) is 0 Å². The Hall–Kier alpha value is -1.64. The van der Waals surface area contributed by atoms with Crippen molar-refractivity contribution in [2.24, 2.45) is 5.92 Å². The summed E-state index contributed by atoms with van der Waals surface area (Å²) in [7, 11) is 0. The highest BCUT2D eigenvalue weighted by Gasteiger charge is 2.45. The summed E-state index contributed by atoms with van der Waals surface area (Å²) in [5, 5.41) is 13.4. The number of aromatic nitrogens is 3. The molecule has 9 heteroatoms. The molecule has 0 aromatic carbocycles. The van der Waals surface area contributed by atoms with Crippen LogP contribution in [-0.4, -0.2) is 39.4 Å². The van der Waals surface area contributed by atoms with E-state index in [-0.39, 0.29) is 24.7 Å². The highest BCUT2D eigenvalue weighted by molar-refractivity contribution is 5.81. The van der Waals surface area contributed by atoms with E-state index < -0.39 is 18.1 Å². The predicted octanol–water partition coefficient (Wildman–Crippen LogP) is 1.97. The van der Waals surface area contributed by atoms with E-state index in [1.54, 1.807) is 6.92 Å². The molecule has 0 radical (unpaired) electrons. The van der Waals surface area contributed by atoms with E-state index in [1.807, 2.05) is 13.8 Å². The number of rotatable bonds is 6. The Labute approximate surface area is 139 Å². The number of nitrogens with one attached hydrogen (secondary N) is 2. The topological polar surface area (TPSA) is 71.8 Å². The van der Waals surface area contributed by atoms with Crippen LogP contribution in [0, 0.1) is 5.92 Å². The number of halogens is 3. The molecule has 1 aromatic rings. The monoisotopic (exact) mass is 347 g/mol. The zero-order valence-electron chi connectivity index (χ0n) is 14.2. The summed E-state index contributed by atoms with van der Waals surface area (Å²) in [6, 6.07) is -0.460. The molecule has 2 heterocycles. The summed E-state index contributed by atoms with van der Waals surface area (Å²) in [6.07, 6.45) is -3.82. The van der Waals surface area contributed by atoms with E-state index in [0.29, 0.717) is 31.3 Å².